The van der Waals surface area contributed by atoms with Crippen LogP contribution in [0.25, 0.3) is 0 Å². The van der Waals surface area contributed by atoms with Gasteiger partial charge >= 0.3 is 0 Å². The first-order chi connectivity index (χ1) is 9.49. The summed E-state index contributed by atoms with van der Waals surface area (Å²) in [5, 5.41) is -1.15. The van der Waals surface area contributed by atoms with Crippen LogP contribution in [0.4, 0.5) is 0 Å². The molecule has 0 bridgehead atoms. The highest BCUT2D eigenvalue weighted by Crippen LogP contribution is 2.14. The van der Waals surface area contributed by atoms with Crippen molar-refractivity contribution in [2.24, 2.45) is 0 Å². The fraction of sp³-hybridized carbons (Fsp3) is 0. The molecule has 0 N–H and O–H groups in total. The average molecular weight is 307 g/mol. The van der Waals surface area contributed by atoms with E-state index in [-0.39, 0.29) is 5.78 Å². The highest BCUT2D eigenvalue weighted by Gasteiger charge is 2.11. The molecule has 0 unspecified atom stereocenters. The quantitative estimate of drug-likeness (QED) is 0.639. The van der Waals surface area contributed by atoms with Gasteiger partial charge in [-0.25, -0.2) is 0 Å². The third-order valence-corrected chi connectivity index (χ3v) is 3.18. The van der Waals surface area contributed by atoms with Crippen LogP contribution in [-0.4, -0.2) is 16.3 Å². The molecule has 100 valence electrons. The van der Waals surface area contributed by atoms with E-state index in [1.165, 1.54) is 48.5 Å². The number of ketones is 1. The van der Waals surface area contributed by atoms with E-state index in [4.69, 9.17) is 23.2 Å². The number of carbonyl (C=O) groups is 3. The van der Waals surface area contributed by atoms with Crippen LogP contribution < -0.4 is 0 Å². The second-order valence-corrected chi connectivity index (χ2v) is 4.72. The standard InChI is InChI=1S/C15H8Cl2O3/c16-14(19)11-5-1-9(2-6-11)13(18)10-3-7-12(8-4-10)15(17)20/h1-8H. The highest BCUT2D eigenvalue weighted by molar-refractivity contribution is 6.68. The average Bonchev–Trinajstić information content (AvgIpc) is 2.46. The molecule has 2 aromatic carbocycles. The minimum atomic E-state index is -0.575. The first-order valence-corrected chi connectivity index (χ1v) is 6.39. The van der Waals surface area contributed by atoms with Gasteiger partial charge in [-0.1, -0.05) is 24.3 Å². The summed E-state index contributed by atoms with van der Waals surface area (Å²) in [6.07, 6.45) is 0. The molecular weight excluding hydrogens is 299 g/mol. The second kappa shape index (κ2) is 5.99. The smallest absolute Gasteiger partial charge is 0.252 e. The van der Waals surface area contributed by atoms with Crippen molar-refractivity contribution in [2.45, 2.75) is 0 Å². The van der Waals surface area contributed by atoms with Crippen molar-refractivity contribution in [3.63, 3.8) is 0 Å². The Hall–Kier alpha value is -1.97. The van der Waals surface area contributed by atoms with Crippen LogP contribution in [0, 0.1) is 0 Å². The van der Waals surface area contributed by atoms with Crippen molar-refractivity contribution in [3.8, 4) is 0 Å². The van der Waals surface area contributed by atoms with Crippen LogP contribution in [0.3, 0.4) is 0 Å². The van der Waals surface area contributed by atoms with Crippen LogP contribution in [0.15, 0.2) is 48.5 Å². The number of hydrogen-bond donors (Lipinski definition) is 0. The lowest BCUT2D eigenvalue weighted by molar-refractivity contribution is 0.103. The summed E-state index contributed by atoms with van der Waals surface area (Å²) < 4.78 is 0. The summed E-state index contributed by atoms with van der Waals surface area (Å²) in [5.41, 5.74) is 1.51. The van der Waals surface area contributed by atoms with Crippen LogP contribution in [0.5, 0.6) is 0 Å². The third kappa shape index (κ3) is 3.13. The van der Waals surface area contributed by atoms with E-state index in [1.807, 2.05) is 0 Å². The van der Waals surface area contributed by atoms with Crippen molar-refractivity contribution >= 4 is 39.5 Å². The number of hydrogen-bond acceptors (Lipinski definition) is 3. The summed E-state index contributed by atoms with van der Waals surface area (Å²) in [6.45, 7) is 0. The van der Waals surface area contributed by atoms with Crippen LogP contribution in [0.1, 0.15) is 36.6 Å². The van der Waals surface area contributed by atoms with Crippen LogP contribution >= 0.6 is 23.2 Å². The zero-order chi connectivity index (χ0) is 14.7. The third-order valence-electron chi connectivity index (χ3n) is 2.75. The van der Waals surface area contributed by atoms with Gasteiger partial charge < -0.3 is 0 Å². The molecule has 0 aliphatic carbocycles. The van der Waals surface area contributed by atoms with Crippen molar-refractivity contribution in [1.29, 1.82) is 0 Å². The Morgan fingerprint density at radius 2 is 0.800 bits per heavy atom. The first kappa shape index (κ1) is 14.4. The van der Waals surface area contributed by atoms with E-state index in [1.54, 1.807) is 0 Å². The summed E-state index contributed by atoms with van der Waals surface area (Å²) in [7, 11) is 0. The number of rotatable bonds is 4. The van der Waals surface area contributed by atoms with E-state index in [9.17, 15) is 14.4 Å². The number of benzene rings is 2. The Kier molecular flexibility index (Phi) is 4.32. The molecule has 2 aromatic rings. The van der Waals surface area contributed by atoms with Gasteiger partial charge in [0.1, 0.15) is 0 Å². The van der Waals surface area contributed by atoms with Crippen molar-refractivity contribution in [2.75, 3.05) is 0 Å². The molecule has 20 heavy (non-hydrogen) atoms. The lowest BCUT2D eigenvalue weighted by atomic mass is 10.0. The molecule has 5 heteroatoms. The summed E-state index contributed by atoms with van der Waals surface area (Å²) in [5.74, 6) is -0.216. The lowest BCUT2D eigenvalue weighted by Gasteiger charge is -2.02. The minimum absolute atomic E-state index is 0.216. The van der Waals surface area contributed by atoms with Gasteiger partial charge in [0.15, 0.2) is 5.78 Å². The van der Waals surface area contributed by atoms with Gasteiger partial charge in [0, 0.05) is 22.3 Å². The molecule has 0 heterocycles. The molecule has 0 aromatic heterocycles. The monoisotopic (exact) mass is 306 g/mol. The Balaban J connectivity index is 2.26. The Bertz CT molecular complexity index is 614. The maximum absolute atomic E-state index is 12.2. The fourth-order valence-electron chi connectivity index (χ4n) is 1.67. The van der Waals surface area contributed by atoms with Crippen LogP contribution in [0.2, 0.25) is 0 Å². The van der Waals surface area contributed by atoms with Gasteiger partial charge in [-0.15, -0.1) is 0 Å². The molecular formula is C15H8Cl2O3. The predicted molar refractivity (Wildman–Crippen MR) is 76.7 cm³/mol. The summed E-state index contributed by atoms with van der Waals surface area (Å²) in [6, 6.07) is 12.0. The zero-order valence-corrected chi connectivity index (χ0v) is 11.6. The Morgan fingerprint density at radius 3 is 1.05 bits per heavy atom. The fourth-order valence-corrected chi connectivity index (χ4v) is 1.92. The highest BCUT2D eigenvalue weighted by atomic mass is 35.5. The summed E-state index contributed by atoms with van der Waals surface area (Å²) >= 11 is 10.7. The molecule has 0 spiro atoms. The molecule has 0 radical (unpaired) electrons. The first-order valence-electron chi connectivity index (χ1n) is 5.63. The topological polar surface area (TPSA) is 51.2 Å². The van der Waals surface area contributed by atoms with Crippen LogP contribution in [-0.2, 0) is 0 Å². The van der Waals surface area contributed by atoms with Gasteiger partial charge in [-0.2, -0.15) is 0 Å². The molecule has 0 amide bonds. The number of halogens is 2. The van der Waals surface area contributed by atoms with Crippen molar-refractivity contribution in [1.82, 2.24) is 0 Å². The normalized spacial score (nSPS) is 10.1. The molecule has 0 fully saturated rings. The largest absolute Gasteiger partial charge is 0.289 e. The zero-order valence-electron chi connectivity index (χ0n) is 10.1. The van der Waals surface area contributed by atoms with Gasteiger partial charge in [0.05, 0.1) is 0 Å². The molecule has 0 saturated heterocycles. The second-order valence-electron chi connectivity index (χ2n) is 4.03. The molecule has 0 atom stereocenters. The van der Waals surface area contributed by atoms with E-state index < -0.39 is 10.5 Å². The summed E-state index contributed by atoms with van der Waals surface area (Å²) in [4.78, 5) is 34.0. The maximum Gasteiger partial charge on any atom is 0.252 e. The SMILES string of the molecule is O=C(Cl)c1ccc(C(=O)c2ccc(C(=O)Cl)cc2)cc1. The maximum atomic E-state index is 12.2. The van der Waals surface area contributed by atoms with E-state index in [0.717, 1.165) is 0 Å². The van der Waals surface area contributed by atoms with Crippen molar-refractivity contribution in [3.05, 3.63) is 70.8 Å². The predicted octanol–water partition coefficient (Wildman–Crippen LogP) is 3.68. The Morgan fingerprint density at radius 1 is 0.550 bits per heavy atom. The molecule has 3 nitrogen and oxygen atoms in total. The molecule has 0 aliphatic heterocycles. The van der Waals surface area contributed by atoms with Gasteiger partial charge in [-0.05, 0) is 47.5 Å². The number of carbonyl (C=O) groups excluding carboxylic acids is 3. The molecule has 2 rings (SSSR count). The Labute approximate surface area is 125 Å². The van der Waals surface area contributed by atoms with Gasteiger partial charge in [0.25, 0.3) is 10.5 Å². The molecule has 0 aliphatic rings. The lowest BCUT2D eigenvalue weighted by Crippen LogP contribution is -2.02. The van der Waals surface area contributed by atoms with Gasteiger partial charge in [0.2, 0.25) is 0 Å². The minimum Gasteiger partial charge on any atom is -0.289 e. The van der Waals surface area contributed by atoms with E-state index in [2.05, 4.69) is 0 Å². The molecule has 0 saturated carbocycles. The van der Waals surface area contributed by atoms with Crippen molar-refractivity contribution < 1.29 is 14.4 Å². The van der Waals surface area contributed by atoms with Gasteiger partial charge in [-0.3, -0.25) is 14.4 Å². The van der Waals surface area contributed by atoms with E-state index in [0.29, 0.717) is 22.3 Å². The van der Waals surface area contributed by atoms with E-state index >= 15 is 0 Å².